The first-order valence-corrected chi connectivity index (χ1v) is 9.65. The second-order valence-corrected chi connectivity index (χ2v) is 7.49. The molecule has 140 valence electrons. The first-order valence-electron chi connectivity index (χ1n) is 8.39. The molecule has 1 aromatic heterocycles. The fourth-order valence-corrected chi connectivity index (χ4v) is 3.71. The van der Waals surface area contributed by atoms with Crippen LogP contribution >= 0.6 is 22.9 Å². The SMILES string of the molecule is CN(CC(=O)NC(c1ccccc1)c1nccs1)Cc1c(F)cccc1Cl. The second kappa shape index (κ2) is 9.08. The highest BCUT2D eigenvalue weighted by Crippen LogP contribution is 2.24. The Morgan fingerprint density at radius 2 is 2.04 bits per heavy atom. The molecule has 1 atom stereocenters. The van der Waals surface area contributed by atoms with E-state index in [4.69, 9.17) is 11.6 Å². The van der Waals surface area contributed by atoms with Crippen molar-refractivity contribution >= 4 is 28.8 Å². The van der Waals surface area contributed by atoms with E-state index in [0.717, 1.165) is 10.6 Å². The fourth-order valence-electron chi connectivity index (χ4n) is 2.77. The molecule has 0 spiro atoms. The average Bonchev–Trinajstić information content (AvgIpc) is 3.18. The number of halogens is 2. The van der Waals surface area contributed by atoms with E-state index in [9.17, 15) is 9.18 Å². The van der Waals surface area contributed by atoms with Gasteiger partial charge in [-0.2, -0.15) is 0 Å². The standard InChI is InChI=1S/C20H19ClFN3OS/c1-25(12-15-16(21)8-5-9-17(15)22)13-18(26)24-19(20-23-10-11-27-20)14-6-3-2-4-7-14/h2-11,19H,12-13H2,1H3,(H,24,26). The summed E-state index contributed by atoms with van der Waals surface area (Å²) in [6.07, 6.45) is 1.72. The summed E-state index contributed by atoms with van der Waals surface area (Å²) in [7, 11) is 1.75. The maximum atomic E-state index is 13.9. The van der Waals surface area contributed by atoms with Crippen molar-refractivity contribution in [3.63, 3.8) is 0 Å². The molecule has 2 aromatic carbocycles. The van der Waals surface area contributed by atoms with Crippen molar-refractivity contribution in [3.8, 4) is 0 Å². The molecule has 0 aliphatic rings. The van der Waals surface area contributed by atoms with E-state index in [0.29, 0.717) is 10.6 Å². The van der Waals surface area contributed by atoms with Crippen molar-refractivity contribution in [3.05, 3.63) is 87.1 Å². The summed E-state index contributed by atoms with van der Waals surface area (Å²) in [6, 6.07) is 13.9. The summed E-state index contributed by atoms with van der Waals surface area (Å²) >= 11 is 7.55. The third kappa shape index (κ3) is 5.13. The molecule has 3 aromatic rings. The summed E-state index contributed by atoms with van der Waals surface area (Å²) in [5, 5.41) is 6.07. The number of carbonyl (C=O) groups excluding carboxylic acids is 1. The Hall–Kier alpha value is -2.28. The molecule has 0 aliphatic heterocycles. The van der Waals surface area contributed by atoms with E-state index in [2.05, 4.69) is 10.3 Å². The molecule has 0 saturated carbocycles. The van der Waals surface area contributed by atoms with Gasteiger partial charge in [-0.25, -0.2) is 9.37 Å². The van der Waals surface area contributed by atoms with Gasteiger partial charge < -0.3 is 5.32 Å². The Bertz CT molecular complexity index is 869. The van der Waals surface area contributed by atoms with Crippen LogP contribution in [0, 0.1) is 5.82 Å². The van der Waals surface area contributed by atoms with E-state index < -0.39 is 0 Å². The largest absolute Gasteiger partial charge is 0.342 e. The van der Waals surface area contributed by atoms with Crippen LogP contribution in [0.4, 0.5) is 4.39 Å². The van der Waals surface area contributed by atoms with Gasteiger partial charge in [0.2, 0.25) is 5.91 Å². The van der Waals surface area contributed by atoms with Crippen LogP contribution in [0.3, 0.4) is 0 Å². The molecule has 0 radical (unpaired) electrons. The number of amides is 1. The molecule has 1 amide bonds. The average molecular weight is 404 g/mol. The van der Waals surface area contributed by atoms with Gasteiger partial charge in [0.05, 0.1) is 6.54 Å². The zero-order valence-corrected chi connectivity index (χ0v) is 16.3. The highest BCUT2D eigenvalue weighted by molar-refractivity contribution is 7.09. The van der Waals surface area contributed by atoms with Crippen LogP contribution in [0.5, 0.6) is 0 Å². The third-order valence-corrected chi connectivity index (χ3v) is 5.23. The highest BCUT2D eigenvalue weighted by atomic mass is 35.5. The van der Waals surface area contributed by atoms with Crippen LogP contribution in [0.15, 0.2) is 60.1 Å². The van der Waals surface area contributed by atoms with Crippen molar-refractivity contribution < 1.29 is 9.18 Å². The van der Waals surface area contributed by atoms with Gasteiger partial charge in [0.25, 0.3) is 0 Å². The normalized spacial score (nSPS) is 12.1. The number of rotatable bonds is 7. The summed E-state index contributed by atoms with van der Waals surface area (Å²) in [5.74, 6) is -0.547. The predicted molar refractivity (Wildman–Crippen MR) is 106 cm³/mol. The molecule has 0 saturated heterocycles. The van der Waals surface area contributed by atoms with Crippen LogP contribution in [-0.2, 0) is 11.3 Å². The number of hydrogen-bond donors (Lipinski definition) is 1. The molecule has 7 heteroatoms. The number of hydrogen-bond acceptors (Lipinski definition) is 4. The third-order valence-electron chi connectivity index (χ3n) is 4.04. The van der Waals surface area contributed by atoms with Gasteiger partial charge in [0.1, 0.15) is 16.9 Å². The first kappa shape index (κ1) is 19.5. The van der Waals surface area contributed by atoms with Gasteiger partial charge in [0.15, 0.2) is 0 Å². The Labute approximate surface area is 166 Å². The zero-order valence-electron chi connectivity index (χ0n) is 14.7. The van der Waals surface area contributed by atoms with Crippen LogP contribution in [0.2, 0.25) is 5.02 Å². The monoisotopic (exact) mass is 403 g/mol. The van der Waals surface area contributed by atoms with Gasteiger partial charge in [0, 0.05) is 28.7 Å². The molecular weight excluding hydrogens is 385 g/mol. The van der Waals surface area contributed by atoms with Gasteiger partial charge >= 0.3 is 0 Å². The number of nitrogens with one attached hydrogen (secondary N) is 1. The molecule has 1 heterocycles. The Kier molecular flexibility index (Phi) is 6.55. The molecule has 3 rings (SSSR count). The van der Waals surface area contributed by atoms with Gasteiger partial charge in [-0.15, -0.1) is 11.3 Å². The van der Waals surface area contributed by atoms with Crippen molar-refractivity contribution in [1.29, 1.82) is 0 Å². The minimum atomic E-state index is -0.375. The molecule has 0 aliphatic carbocycles. The van der Waals surface area contributed by atoms with E-state index >= 15 is 0 Å². The van der Waals surface area contributed by atoms with Gasteiger partial charge in [-0.1, -0.05) is 48.0 Å². The molecule has 4 nitrogen and oxygen atoms in total. The van der Waals surface area contributed by atoms with Gasteiger partial charge in [-0.3, -0.25) is 9.69 Å². The Morgan fingerprint density at radius 3 is 2.70 bits per heavy atom. The number of aromatic nitrogens is 1. The minimum Gasteiger partial charge on any atom is -0.342 e. The van der Waals surface area contributed by atoms with E-state index in [1.54, 1.807) is 30.3 Å². The Morgan fingerprint density at radius 1 is 1.26 bits per heavy atom. The van der Waals surface area contributed by atoms with Crippen LogP contribution < -0.4 is 5.32 Å². The van der Waals surface area contributed by atoms with Gasteiger partial charge in [-0.05, 0) is 24.7 Å². The molecular formula is C20H19ClFN3OS. The highest BCUT2D eigenvalue weighted by Gasteiger charge is 2.20. The summed E-state index contributed by atoms with van der Waals surface area (Å²) in [6.45, 7) is 0.353. The fraction of sp³-hybridized carbons (Fsp3) is 0.200. The molecule has 1 N–H and O–H groups in total. The van der Waals surface area contributed by atoms with Crippen molar-refractivity contribution in [1.82, 2.24) is 15.2 Å². The summed E-state index contributed by atoms with van der Waals surface area (Å²) in [4.78, 5) is 18.7. The lowest BCUT2D eigenvalue weighted by atomic mass is 10.1. The summed E-state index contributed by atoms with van der Waals surface area (Å²) < 4.78 is 13.9. The maximum Gasteiger partial charge on any atom is 0.235 e. The smallest absolute Gasteiger partial charge is 0.235 e. The van der Waals surface area contributed by atoms with Crippen molar-refractivity contribution in [2.75, 3.05) is 13.6 Å². The van der Waals surface area contributed by atoms with Crippen molar-refractivity contribution in [2.45, 2.75) is 12.6 Å². The topological polar surface area (TPSA) is 45.2 Å². The summed E-state index contributed by atoms with van der Waals surface area (Å²) in [5.41, 5.74) is 1.34. The van der Waals surface area contributed by atoms with E-state index in [-0.39, 0.29) is 30.9 Å². The van der Waals surface area contributed by atoms with Crippen LogP contribution in [0.25, 0.3) is 0 Å². The van der Waals surface area contributed by atoms with Crippen LogP contribution in [0.1, 0.15) is 22.2 Å². The number of carbonyl (C=O) groups is 1. The maximum absolute atomic E-state index is 13.9. The predicted octanol–water partition coefficient (Wildman–Crippen LogP) is 4.27. The van der Waals surface area contributed by atoms with E-state index in [1.165, 1.54) is 17.4 Å². The molecule has 0 fully saturated rings. The van der Waals surface area contributed by atoms with Crippen molar-refractivity contribution in [2.24, 2.45) is 0 Å². The second-order valence-electron chi connectivity index (χ2n) is 6.15. The number of thiazole rings is 1. The van der Waals surface area contributed by atoms with E-state index in [1.807, 2.05) is 35.7 Å². The molecule has 0 bridgehead atoms. The lowest BCUT2D eigenvalue weighted by Crippen LogP contribution is -2.37. The zero-order chi connectivity index (χ0) is 19.2. The number of nitrogens with zero attached hydrogens (tertiary/aromatic N) is 2. The van der Waals surface area contributed by atoms with Crippen LogP contribution in [-0.4, -0.2) is 29.4 Å². The number of likely N-dealkylation sites (N-methyl/N-ethyl adjacent to an activating group) is 1. The molecule has 1 unspecified atom stereocenters. The number of benzene rings is 2. The lowest BCUT2D eigenvalue weighted by molar-refractivity contribution is -0.122. The quantitative estimate of drug-likeness (QED) is 0.640. The lowest BCUT2D eigenvalue weighted by Gasteiger charge is -2.21. The Balaban J connectivity index is 1.68. The first-order chi connectivity index (χ1) is 13.0. The minimum absolute atomic E-state index is 0.110. The molecule has 27 heavy (non-hydrogen) atoms.